The number of hydrogen-bond acceptors (Lipinski definition) is 2. The van der Waals surface area contributed by atoms with Gasteiger partial charge in [0.25, 0.3) is 0 Å². The minimum absolute atomic E-state index is 0.0292. The van der Waals surface area contributed by atoms with E-state index in [-0.39, 0.29) is 17.6 Å². The highest BCUT2D eigenvalue weighted by Crippen LogP contribution is 2.49. The first-order chi connectivity index (χ1) is 12.0. The van der Waals surface area contributed by atoms with Gasteiger partial charge in [0, 0.05) is 18.0 Å². The maximum absolute atomic E-state index is 14.1. The van der Waals surface area contributed by atoms with Gasteiger partial charge in [0.05, 0.1) is 11.5 Å². The highest BCUT2D eigenvalue weighted by Gasteiger charge is 2.52. The summed E-state index contributed by atoms with van der Waals surface area (Å²) in [6.45, 7) is 2.18. The molecule has 0 aromatic heterocycles. The Morgan fingerprint density at radius 3 is 2.40 bits per heavy atom. The topological polar surface area (TPSA) is 49.3 Å². The Bertz CT molecular complexity index is 726. The fraction of sp³-hybridized carbons (Fsp3) is 0.381. The number of halogens is 1. The number of carbonyl (C=O) groups is 1. The molecular formula is C21H24FNO2. The van der Waals surface area contributed by atoms with E-state index in [2.05, 4.69) is 5.32 Å². The van der Waals surface area contributed by atoms with Gasteiger partial charge in [-0.05, 0) is 37.8 Å². The van der Waals surface area contributed by atoms with Crippen molar-refractivity contribution in [2.24, 2.45) is 0 Å². The van der Waals surface area contributed by atoms with E-state index in [0.29, 0.717) is 31.4 Å². The quantitative estimate of drug-likeness (QED) is 0.809. The van der Waals surface area contributed by atoms with Crippen molar-refractivity contribution < 1.29 is 14.3 Å². The van der Waals surface area contributed by atoms with Crippen molar-refractivity contribution in [1.82, 2.24) is 5.32 Å². The number of rotatable bonds is 7. The van der Waals surface area contributed by atoms with E-state index >= 15 is 0 Å². The van der Waals surface area contributed by atoms with Gasteiger partial charge in [0.1, 0.15) is 5.82 Å². The van der Waals surface area contributed by atoms with Crippen molar-refractivity contribution in [3.63, 3.8) is 0 Å². The Hall–Kier alpha value is -2.20. The maximum Gasteiger partial charge on any atom is 0.230 e. The van der Waals surface area contributed by atoms with Crippen LogP contribution in [0.5, 0.6) is 0 Å². The highest BCUT2D eigenvalue weighted by atomic mass is 19.1. The van der Waals surface area contributed by atoms with Gasteiger partial charge >= 0.3 is 0 Å². The Kier molecular flexibility index (Phi) is 5.19. The zero-order valence-corrected chi connectivity index (χ0v) is 14.4. The molecular weight excluding hydrogens is 317 g/mol. The fourth-order valence-electron chi connectivity index (χ4n) is 3.45. The first-order valence-electron chi connectivity index (χ1n) is 8.79. The smallest absolute Gasteiger partial charge is 0.230 e. The van der Waals surface area contributed by atoms with Crippen LogP contribution < -0.4 is 5.32 Å². The third kappa shape index (κ3) is 3.90. The first-order valence-corrected chi connectivity index (χ1v) is 8.79. The lowest BCUT2D eigenvalue weighted by Gasteiger charge is -2.22. The van der Waals surface area contributed by atoms with Crippen molar-refractivity contribution >= 4 is 5.91 Å². The van der Waals surface area contributed by atoms with Gasteiger partial charge in [-0.3, -0.25) is 4.79 Å². The van der Waals surface area contributed by atoms with Crippen LogP contribution in [-0.2, 0) is 10.2 Å². The summed E-state index contributed by atoms with van der Waals surface area (Å²) in [7, 11) is 0. The largest absolute Gasteiger partial charge is 0.393 e. The van der Waals surface area contributed by atoms with E-state index < -0.39 is 11.5 Å². The molecule has 1 fully saturated rings. The van der Waals surface area contributed by atoms with Crippen molar-refractivity contribution in [3.8, 4) is 0 Å². The first kappa shape index (κ1) is 17.6. The summed E-state index contributed by atoms with van der Waals surface area (Å²) in [4.78, 5) is 12.8. The molecule has 3 nitrogen and oxygen atoms in total. The van der Waals surface area contributed by atoms with E-state index in [1.165, 1.54) is 6.07 Å². The van der Waals surface area contributed by atoms with E-state index in [0.717, 1.165) is 5.56 Å². The second-order valence-corrected chi connectivity index (χ2v) is 6.96. The van der Waals surface area contributed by atoms with E-state index in [1.807, 2.05) is 30.3 Å². The number of benzene rings is 2. The molecule has 25 heavy (non-hydrogen) atoms. The van der Waals surface area contributed by atoms with Gasteiger partial charge in [-0.1, -0.05) is 48.5 Å². The second-order valence-electron chi connectivity index (χ2n) is 6.96. The lowest BCUT2D eigenvalue weighted by Crippen LogP contribution is -2.38. The molecule has 0 aliphatic heterocycles. The average molecular weight is 341 g/mol. The molecule has 2 N–H and O–H groups in total. The highest BCUT2D eigenvalue weighted by molar-refractivity contribution is 5.91. The molecule has 0 spiro atoms. The second kappa shape index (κ2) is 7.36. The predicted octanol–water partition coefficient (Wildman–Crippen LogP) is 3.53. The summed E-state index contributed by atoms with van der Waals surface area (Å²) in [5.74, 6) is -0.413. The van der Waals surface area contributed by atoms with Crippen LogP contribution in [0.4, 0.5) is 4.39 Å². The number of carbonyl (C=O) groups excluding carboxylic acids is 1. The standard InChI is InChI=1S/C21H24FNO2/c1-15(24)13-17(16-7-3-2-4-8-16)14-23-20(25)21(11-12-21)18-9-5-6-10-19(18)22/h2-10,15,17,24H,11-14H2,1H3,(H,23,25). The molecule has 2 unspecified atom stereocenters. The monoisotopic (exact) mass is 341 g/mol. The van der Waals surface area contributed by atoms with Gasteiger partial charge in [-0.15, -0.1) is 0 Å². The molecule has 1 saturated carbocycles. The summed E-state index contributed by atoms with van der Waals surface area (Å²) < 4.78 is 14.1. The summed E-state index contributed by atoms with van der Waals surface area (Å²) >= 11 is 0. The van der Waals surface area contributed by atoms with Crippen molar-refractivity contribution in [1.29, 1.82) is 0 Å². The molecule has 4 heteroatoms. The number of aliphatic hydroxyl groups is 1. The fourth-order valence-corrected chi connectivity index (χ4v) is 3.45. The molecule has 2 aromatic rings. The molecule has 132 valence electrons. The summed E-state index contributed by atoms with van der Waals surface area (Å²) in [6.07, 6.45) is 1.46. The molecule has 1 aliphatic carbocycles. The molecule has 2 aromatic carbocycles. The average Bonchev–Trinajstić information content (AvgIpc) is 3.41. The number of nitrogens with one attached hydrogen (secondary N) is 1. The lowest BCUT2D eigenvalue weighted by atomic mass is 9.91. The van der Waals surface area contributed by atoms with E-state index in [1.54, 1.807) is 25.1 Å². The van der Waals surface area contributed by atoms with Gasteiger partial charge in [-0.2, -0.15) is 0 Å². The molecule has 0 bridgehead atoms. The van der Waals surface area contributed by atoms with Crippen molar-refractivity contribution in [2.75, 3.05) is 6.54 Å². The molecule has 1 amide bonds. The third-order valence-corrected chi connectivity index (χ3v) is 4.98. The zero-order valence-electron chi connectivity index (χ0n) is 14.4. The Labute approximate surface area is 147 Å². The summed E-state index contributed by atoms with van der Waals surface area (Å²) in [6, 6.07) is 16.4. The number of hydrogen-bond donors (Lipinski definition) is 2. The maximum atomic E-state index is 14.1. The zero-order chi connectivity index (χ0) is 17.9. The van der Waals surface area contributed by atoms with Gasteiger partial charge in [0.2, 0.25) is 5.91 Å². The SMILES string of the molecule is CC(O)CC(CNC(=O)C1(c2ccccc2F)CC1)c1ccccc1. The van der Waals surface area contributed by atoms with Crippen LogP contribution in [0.15, 0.2) is 54.6 Å². The Morgan fingerprint density at radius 1 is 1.16 bits per heavy atom. The Balaban J connectivity index is 1.71. The number of aliphatic hydroxyl groups excluding tert-OH is 1. The van der Waals surface area contributed by atoms with E-state index in [4.69, 9.17) is 0 Å². The van der Waals surface area contributed by atoms with Gasteiger partial charge in [-0.25, -0.2) is 4.39 Å². The van der Waals surface area contributed by atoms with Crippen LogP contribution in [0.25, 0.3) is 0 Å². The molecule has 0 saturated heterocycles. The lowest BCUT2D eigenvalue weighted by molar-refractivity contribution is -0.123. The summed E-state index contributed by atoms with van der Waals surface area (Å²) in [5.41, 5.74) is 0.843. The minimum atomic E-state index is -0.725. The number of amides is 1. The van der Waals surface area contributed by atoms with Crippen LogP contribution in [0.2, 0.25) is 0 Å². The normalized spacial score (nSPS) is 17.6. The van der Waals surface area contributed by atoms with E-state index in [9.17, 15) is 14.3 Å². The van der Waals surface area contributed by atoms with Crippen LogP contribution in [0.3, 0.4) is 0 Å². The minimum Gasteiger partial charge on any atom is -0.393 e. The van der Waals surface area contributed by atoms with Gasteiger partial charge in [0.15, 0.2) is 0 Å². The molecule has 3 rings (SSSR count). The van der Waals surface area contributed by atoms with Crippen molar-refractivity contribution in [2.45, 2.75) is 43.6 Å². The van der Waals surface area contributed by atoms with Crippen LogP contribution in [0, 0.1) is 5.82 Å². The van der Waals surface area contributed by atoms with Crippen LogP contribution in [-0.4, -0.2) is 23.7 Å². The third-order valence-electron chi connectivity index (χ3n) is 4.98. The Morgan fingerprint density at radius 2 is 1.80 bits per heavy atom. The molecule has 1 aliphatic rings. The molecule has 0 radical (unpaired) electrons. The van der Waals surface area contributed by atoms with Gasteiger partial charge < -0.3 is 10.4 Å². The molecule has 0 heterocycles. The predicted molar refractivity (Wildman–Crippen MR) is 95.8 cm³/mol. The summed E-state index contributed by atoms with van der Waals surface area (Å²) in [5, 5.41) is 12.8. The van der Waals surface area contributed by atoms with Crippen LogP contribution in [0.1, 0.15) is 43.2 Å². The van der Waals surface area contributed by atoms with Crippen LogP contribution >= 0.6 is 0 Å². The van der Waals surface area contributed by atoms with Crippen molar-refractivity contribution in [3.05, 3.63) is 71.5 Å². The molecule has 2 atom stereocenters.